The number of ether oxygens (including phenoxy) is 2. The zero-order valence-corrected chi connectivity index (χ0v) is 27.4. The smallest absolute Gasteiger partial charge is 0.408 e. The third-order valence-electron chi connectivity index (χ3n) is 8.64. The molecule has 12 nitrogen and oxygen atoms in total. The van der Waals surface area contributed by atoms with E-state index in [1.54, 1.807) is 20.8 Å². The standard InChI is InChI=1S/C34H49N5O7/c1-33(2,3)46-32(44)37-26-16-12-7-5-6-11-15-24-20-34(24,38-29(41)27-19-25(45-4)22-39(27)30(26)42)31(43)35-18-17-28(40)36-21-23-13-9-8-10-14-23/h8-11,13-15,24-27H,5-7,12,16-22H2,1-4H3,(H,35,43)(H,36,40)(H,37,44)(H,38,41)/t24-,25-,26+,27+,34-/m1/s1. The van der Waals surface area contributed by atoms with Gasteiger partial charge < -0.3 is 35.6 Å². The Balaban J connectivity index is 1.45. The summed E-state index contributed by atoms with van der Waals surface area (Å²) in [4.78, 5) is 67.9. The molecule has 2 fully saturated rings. The second kappa shape index (κ2) is 15.6. The summed E-state index contributed by atoms with van der Waals surface area (Å²) in [6, 6.07) is 7.80. The summed E-state index contributed by atoms with van der Waals surface area (Å²) in [5, 5.41) is 11.4. The molecule has 2 aliphatic heterocycles. The fourth-order valence-electron chi connectivity index (χ4n) is 6.03. The molecule has 0 unspecified atom stereocenters. The van der Waals surface area contributed by atoms with Gasteiger partial charge in [0.1, 0.15) is 23.2 Å². The van der Waals surface area contributed by atoms with Gasteiger partial charge in [-0.25, -0.2) is 4.79 Å². The lowest BCUT2D eigenvalue weighted by molar-refractivity contribution is -0.141. The average molecular weight is 640 g/mol. The SMILES string of the molecule is CO[C@@H]1C[C@H]2C(=O)N[C@]3(C(=O)NCCC(=O)NCc4ccccc4)C[C@H]3C=CCCCCC[C@H](NC(=O)OC(C)(C)C)C(=O)N2C1. The lowest BCUT2D eigenvalue weighted by atomic mass is 10.0. The van der Waals surface area contributed by atoms with E-state index in [0.29, 0.717) is 25.8 Å². The normalized spacial score (nSPS) is 26.8. The molecule has 5 atom stereocenters. The summed E-state index contributed by atoms with van der Waals surface area (Å²) in [6.07, 6.45) is 7.31. The summed E-state index contributed by atoms with van der Waals surface area (Å²) in [6.45, 7) is 5.95. The van der Waals surface area contributed by atoms with Gasteiger partial charge in [-0.3, -0.25) is 19.2 Å². The summed E-state index contributed by atoms with van der Waals surface area (Å²) >= 11 is 0. The quantitative estimate of drug-likeness (QED) is 0.319. The van der Waals surface area contributed by atoms with E-state index in [-0.39, 0.29) is 55.7 Å². The Morgan fingerprint density at radius 1 is 1.07 bits per heavy atom. The first-order valence-electron chi connectivity index (χ1n) is 16.3. The van der Waals surface area contributed by atoms with Crippen molar-refractivity contribution in [3.8, 4) is 0 Å². The van der Waals surface area contributed by atoms with Crippen molar-refractivity contribution in [3.63, 3.8) is 0 Å². The third-order valence-corrected chi connectivity index (χ3v) is 8.64. The maximum absolute atomic E-state index is 13.9. The second-order valence-corrected chi connectivity index (χ2v) is 13.4. The molecule has 252 valence electrons. The number of rotatable bonds is 8. The van der Waals surface area contributed by atoms with E-state index in [4.69, 9.17) is 9.47 Å². The number of carbonyl (C=O) groups is 5. The van der Waals surface area contributed by atoms with Crippen LogP contribution in [-0.2, 0) is 35.2 Å². The topological polar surface area (TPSA) is 155 Å². The van der Waals surface area contributed by atoms with Gasteiger partial charge in [0.25, 0.3) is 0 Å². The minimum atomic E-state index is -1.18. The highest BCUT2D eigenvalue weighted by Gasteiger charge is 2.60. The minimum absolute atomic E-state index is 0.0928. The van der Waals surface area contributed by atoms with Crippen molar-refractivity contribution in [1.82, 2.24) is 26.2 Å². The lowest BCUT2D eigenvalue weighted by Crippen LogP contribution is -2.58. The van der Waals surface area contributed by atoms with Gasteiger partial charge in [-0.2, -0.15) is 0 Å². The van der Waals surface area contributed by atoms with E-state index in [1.165, 1.54) is 12.0 Å². The maximum atomic E-state index is 13.9. The van der Waals surface area contributed by atoms with Crippen LogP contribution in [-0.4, -0.2) is 84.1 Å². The lowest BCUT2D eigenvalue weighted by Gasteiger charge is -2.30. The summed E-state index contributed by atoms with van der Waals surface area (Å²) in [5.41, 5.74) is -0.938. The number of fused-ring (bicyclic) bond motifs is 2. The first kappa shape index (κ1) is 34.9. The number of nitrogens with zero attached hydrogens (tertiary/aromatic N) is 1. The fourth-order valence-corrected chi connectivity index (χ4v) is 6.03. The van der Waals surface area contributed by atoms with Gasteiger partial charge in [-0.1, -0.05) is 55.3 Å². The predicted octanol–water partition coefficient (Wildman–Crippen LogP) is 2.71. The molecule has 4 N–H and O–H groups in total. The zero-order valence-electron chi connectivity index (χ0n) is 27.4. The largest absolute Gasteiger partial charge is 0.444 e. The van der Waals surface area contributed by atoms with Gasteiger partial charge in [0.2, 0.25) is 23.6 Å². The Labute approximate surface area is 271 Å². The molecule has 5 amide bonds. The molecule has 46 heavy (non-hydrogen) atoms. The molecular formula is C34H49N5O7. The number of benzene rings is 1. The van der Waals surface area contributed by atoms with Crippen LogP contribution < -0.4 is 21.3 Å². The van der Waals surface area contributed by atoms with Crippen LogP contribution in [0.15, 0.2) is 42.5 Å². The Morgan fingerprint density at radius 3 is 2.54 bits per heavy atom. The minimum Gasteiger partial charge on any atom is -0.444 e. The van der Waals surface area contributed by atoms with Crippen LogP contribution in [0.1, 0.15) is 77.7 Å². The zero-order chi connectivity index (χ0) is 33.3. The molecule has 2 heterocycles. The highest BCUT2D eigenvalue weighted by Crippen LogP contribution is 2.45. The maximum Gasteiger partial charge on any atom is 0.408 e. The monoisotopic (exact) mass is 639 g/mol. The number of nitrogens with one attached hydrogen (secondary N) is 4. The van der Waals surface area contributed by atoms with Crippen molar-refractivity contribution in [3.05, 3.63) is 48.0 Å². The van der Waals surface area contributed by atoms with Crippen molar-refractivity contribution >= 4 is 29.7 Å². The number of amides is 5. The fraction of sp³-hybridized carbons (Fsp3) is 0.618. The highest BCUT2D eigenvalue weighted by atomic mass is 16.6. The summed E-state index contributed by atoms with van der Waals surface area (Å²) in [7, 11) is 1.53. The Bertz CT molecular complexity index is 1280. The second-order valence-electron chi connectivity index (χ2n) is 13.4. The molecule has 3 aliphatic rings. The van der Waals surface area contributed by atoms with E-state index >= 15 is 0 Å². The molecule has 4 rings (SSSR count). The van der Waals surface area contributed by atoms with E-state index in [1.807, 2.05) is 42.5 Å². The molecule has 1 saturated carbocycles. The first-order chi connectivity index (χ1) is 21.9. The Morgan fingerprint density at radius 2 is 1.83 bits per heavy atom. The van der Waals surface area contributed by atoms with Crippen molar-refractivity contribution in [2.24, 2.45) is 5.92 Å². The molecule has 0 spiro atoms. The molecule has 1 saturated heterocycles. The van der Waals surface area contributed by atoms with Gasteiger partial charge in [-0.05, 0) is 52.0 Å². The van der Waals surface area contributed by atoms with Crippen LogP contribution in [0.3, 0.4) is 0 Å². The molecule has 0 radical (unpaired) electrons. The molecule has 1 aliphatic carbocycles. The molecule has 1 aromatic carbocycles. The molecular weight excluding hydrogens is 590 g/mol. The van der Waals surface area contributed by atoms with Gasteiger partial charge in [0, 0.05) is 45.5 Å². The first-order valence-corrected chi connectivity index (χ1v) is 16.3. The van der Waals surface area contributed by atoms with Crippen molar-refractivity contribution in [2.45, 2.75) is 108 Å². The van der Waals surface area contributed by atoms with Crippen LogP contribution in [0.2, 0.25) is 0 Å². The van der Waals surface area contributed by atoms with Gasteiger partial charge >= 0.3 is 6.09 Å². The van der Waals surface area contributed by atoms with Crippen LogP contribution >= 0.6 is 0 Å². The van der Waals surface area contributed by atoms with Gasteiger partial charge in [0.05, 0.1) is 6.10 Å². The summed E-state index contributed by atoms with van der Waals surface area (Å²) < 4.78 is 11.0. The van der Waals surface area contributed by atoms with Crippen LogP contribution in [0.25, 0.3) is 0 Å². The van der Waals surface area contributed by atoms with Gasteiger partial charge in [0.15, 0.2) is 0 Å². The number of alkyl carbamates (subject to hydrolysis) is 1. The van der Waals surface area contributed by atoms with Crippen molar-refractivity contribution in [2.75, 3.05) is 20.2 Å². The van der Waals surface area contributed by atoms with Crippen molar-refractivity contribution < 1.29 is 33.4 Å². The molecule has 1 aromatic rings. The van der Waals surface area contributed by atoms with E-state index in [2.05, 4.69) is 21.3 Å². The predicted molar refractivity (Wildman–Crippen MR) is 171 cm³/mol. The number of hydrogen-bond donors (Lipinski definition) is 4. The number of methoxy groups -OCH3 is 1. The van der Waals surface area contributed by atoms with Crippen molar-refractivity contribution in [1.29, 1.82) is 0 Å². The average Bonchev–Trinajstić information content (AvgIpc) is 3.52. The Hall–Kier alpha value is -3.93. The van der Waals surface area contributed by atoms with Crippen LogP contribution in [0.5, 0.6) is 0 Å². The highest BCUT2D eigenvalue weighted by molar-refractivity contribution is 5.98. The third kappa shape index (κ3) is 9.54. The number of carbonyl (C=O) groups excluding carboxylic acids is 5. The van der Waals surface area contributed by atoms with Crippen LogP contribution in [0, 0.1) is 5.92 Å². The molecule has 12 heteroatoms. The van der Waals surface area contributed by atoms with Crippen LogP contribution in [0.4, 0.5) is 4.79 Å². The number of allylic oxidation sites excluding steroid dienone is 1. The number of hydrogen-bond acceptors (Lipinski definition) is 7. The van der Waals surface area contributed by atoms with Gasteiger partial charge in [-0.15, -0.1) is 0 Å². The molecule has 0 aromatic heterocycles. The van der Waals surface area contributed by atoms with E-state index in [9.17, 15) is 24.0 Å². The van der Waals surface area contributed by atoms with E-state index < -0.39 is 35.2 Å². The summed E-state index contributed by atoms with van der Waals surface area (Å²) in [5.74, 6) is -1.60. The molecule has 0 bridgehead atoms. The van der Waals surface area contributed by atoms with E-state index in [0.717, 1.165) is 24.8 Å². The Kier molecular flexibility index (Phi) is 11.8.